The fourth-order valence-electron chi connectivity index (χ4n) is 2.71. The number of nitrogens with one attached hydrogen (secondary N) is 1. The van der Waals surface area contributed by atoms with Crippen LogP contribution >= 0.6 is 0 Å². The predicted molar refractivity (Wildman–Crippen MR) is 101 cm³/mol. The van der Waals surface area contributed by atoms with Crippen molar-refractivity contribution in [3.63, 3.8) is 0 Å². The van der Waals surface area contributed by atoms with Crippen LogP contribution in [0.5, 0.6) is 11.5 Å². The van der Waals surface area contributed by atoms with Crippen LogP contribution in [0.15, 0.2) is 34.9 Å². The Morgan fingerprint density at radius 2 is 2.04 bits per heavy atom. The van der Waals surface area contributed by atoms with Crippen molar-refractivity contribution in [2.75, 3.05) is 20.3 Å². The van der Waals surface area contributed by atoms with Gasteiger partial charge in [-0.1, -0.05) is 25.1 Å². The number of amides is 1. The summed E-state index contributed by atoms with van der Waals surface area (Å²) in [5.74, 6) is 1.37. The van der Waals surface area contributed by atoms with Crippen LogP contribution in [0.4, 0.5) is 0 Å². The van der Waals surface area contributed by atoms with Crippen molar-refractivity contribution < 1.29 is 18.8 Å². The molecule has 0 aliphatic rings. The van der Waals surface area contributed by atoms with Gasteiger partial charge < -0.3 is 19.3 Å². The molecule has 3 rings (SSSR count). The number of nitrogens with zero attached hydrogens (tertiary/aromatic N) is 2. The number of carbonyl (C=O) groups excluding carboxylic acids is 1. The number of hydrogen-bond acceptors (Lipinski definition) is 6. The van der Waals surface area contributed by atoms with Crippen LogP contribution in [0.1, 0.15) is 41.5 Å². The van der Waals surface area contributed by atoms with Crippen molar-refractivity contribution in [2.24, 2.45) is 0 Å². The molecule has 0 saturated carbocycles. The van der Waals surface area contributed by atoms with Crippen LogP contribution in [0.3, 0.4) is 0 Å². The van der Waals surface area contributed by atoms with Gasteiger partial charge in [-0.2, -0.15) is 0 Å². The second-order valence-electron chi connectivity index (χ2n) is 6.48. The summed E-state index contributed by atoms with van der Waals surface area (Å²) in [6, 6.07) is 9.13. The number of benzene rings is 1. The number of ether oxygens (including phenoxy) is 2. The average Bonchev–Trinajstić information content (AvgIpc) is 3.05. The Morgan fingerprint density at radius 3 is 2.78 bits per heavy atom. The highest BCUT2D eigenvalue weighted by Gasteiger charge is 2.19. The molecule has 2 heterocycles. The number of aryl methyl sites for hydroxylation is 1. The number of aromatic nitrogens is 2. The van der Waals surface area contributed by atoms with E-state index in [0.717, 1.165) is 11.4 Å². The molecule has 0 atom stereocenters. The highest BCUT2D eigenvalue weighted by Crippen LogP contribution is 2.25. The molecule has 1 aromatic carbocycles. The van der Waals surface area contributed by atoms with Crippen LogP contribution in [0, 0.1) is 6.92 Å². The molecule has 0 spiro atoms. The van der Waals surface area contributed by atoms with Gasteiger partial charge in [-0.3, -0.25) is 4.79 Å². The first-order valence-electron chi connectivity index (χ1n) is 8.81. The summed E-state index contributed by atoms with van der Waals surface area (Å²) >= 11 is 0. The fraction of sp³-hybridized carbons (Fsp3) is 0.350. The largest absolute Gasteiger partial charge is 0.497 e. The van der Waals surface area contributed by atoms with E-state index in [2.05, 4.69) is 15.5 Å². The number of methoxy groups -OCH3 is 1. The third kappa shape index (κ3) is 4.19. The molecular formula is C20H23N3O4. The van der Waals surface area contributed by atoms with E-state index in [9.17, 15) is 4.79 Å². The zero-order chi connectivity index (χ0) is 19.4. The third-order valence-electron chi connectivity index (χ3n) is 4.17. The molecule has 142 valence electrons. The van der Waals surface area contributed by atoms with Crippen molar-refractivity contribution in [2.45, 2.75) is 26.7 Å². The molecule has 0 radical (unpaired) electrons. The predicted octanol–water partition coefficient (Wildman–Crippen LogP) is 3.47. The smallest absolute Gasteiger partial charge is 0.259 e. The number of hydrogen-bond donors (Lipinski definition) is 1. The summed E-state index contributed by atoms with van der Waals surface area (Å²) in [4.78, 5) is 17.2. The monoisotopic (exact) mass is 369 g/mol. The van der Waals surface area contributed by atoms with Gasteiger partial charge in [0.2, 0.25) is 0 Å². The molecule has 1 amide bonds. The Balaban J connectivity index is 1.68. The average molecular weight is 369 g/mol. The lowest BCUT2D eigenvalue weighted by Gasteiger charge is -2.11. The van der Waals surface area contributed by atoms with Gasteiger partial charge in [0.1, 0.15) is 18.1 Å². The third-order valence-corrected chi connectivity index (χ3v) is 4.17. The topological polar surface area (TPSA) is 86.5 Å². The SMILES string of the molecule is COc1cccc(OCCNC(=O)c2cc(C(C)C)nc3onc(C)c23)c1. The molecule has 1 N–H and O–H groups in total. The standard InChI is InChI=1S/C20H23N3O4/c1-12(2)17-11-16(18-13(3)23-27-20(18)22-17)19(24)21-8-9-26-15-7-5-6-14(10-15)25-4/h5-7,10-12H,8-9H2,1-4H3,(H,21,24). The molecule has 3 aromatic rings. The number of carbonyl (C=O) groups is 1. The lowest BCUT2D eigenvalue weighted by atomic mass is 10.0. The quantitative estimate of drug-likeness (QED) is 0.642. The summed E-state index contributed by atoms with van der Waals surface area (Å²) in [5, 5.41) is 7.46. The number of fused-ring (bicyclic) bond motifs is 1. The highest BCUT2D eigenvalue weighted by atomic mass is 16.5. The van der Waals surface area contributed by atoms with Gasteiger partial charge in [-0.25, -0.2) is 4.98 Å². The van der Waals surface area contributed by atoms with Gasteiger partial charge >= 0.3 is 0 Å². The molecule has 0 aliphatic carbocycles. The van der Waals surface area contributed by atoms with Crippen molar-refractivity contribution in [3.8, 4) is 11.5 Å². The Bertz CT molecular complexity index is 950. The minimum absolute atomic E-state index is 0.169. The molecule has 0 saturated heterocycles. The van der Waals surface area contributed by atoms with Crippen LogP contribution in [-0.4, -0.2) is 36.3 Å². The summed E-state index contributed by atoms with van der Waals surface area (Å²) in [7, 11) is 1.60. The van der Waals surface area contributed by atoms with Crippen molar-refractivity contribution in [3.05, 3.63) is 47.3 Å². The van der Waals surface area contributed by atoms with E-state index < -0.39 is 0 Å². The molecule has 0 unspecified atom stereocenters. The Kier molecular flexibility index (Phi) is 5.59. The first-order valence-corrected chi connectivity index (χ1v) is 8.81. The maximum atomic E-state index is 12.7. The van der Waals surface area contributed by atoms with E-state index in [1.165, 1.54) is 0 Å². The van der Waals surface area contributed by atoms with E-state index >= 15 is 0 Å². The Hall–Kier alpha value is -3.09. The van der Waals surface area contributed by atoms with Crippen molar-refractivity contribution >= 4 is 17.0 Å². The van der Waals surface area contributed by atoms with E-state index in [1.54, 1.807) is 26.2 Å². The molecule has 7 nitrogen and oxygen atoms in total. The molecule has 0 aliphatic heterocycles. The zero-order valence-electron chi connectivity index (χ0n) is 15.9. The summed E-state index contributed by atoms with van der Waals surface area (Å²) in [6.07, 6.45) is 0. The van der Waals surface area contributed by atoms with Gasteiger partial charge in [0.15, 0.2) is 0 Å². The van der Waals surface area contributed by atoms with Crippen molar-refractivity contribution in [1.82, 2.24) is 15.5 Å². The van der Waals surface area contributed by atoms with Crippen LogP contribution < -0.4 is 14.8 Å². The fourth-order valence-corrected chi connectivity index (χ4v) is 2.71. The highest BCUT2D eigenvalue weighted by molar-refractivity contribution is 6.06. The maximum absolute atomic E-state index is 12.7. The van der Waals surface area contributed by atoms with Gasteiger partial charge in [0, 0.05) is 11.8 Å². The van der Waals surface area contributed by atoms with Gasteiger partial charge in [-0.15, -0.1) is 0 Å². The van der Waals surface area contributed by atoms with Crippen LogP contribution in [0.25, 0.3) is 11.1 Å². The number of pyridine rings is 1. The lowest BCUT2D eigenvalue weighted by molar-refractivity contribution is 0.0948. The normalized spacial score (nSPS) is 11.0. The first kappa shape index (κ1) is 18.7. The van der Waals surface area contributed by atoms with E-state index in [-0.39, 0.29) is 11.8 Å². The molecular weight excluding hydrogens is 346 g/mol. The molecule has 2 aromatic heterocycles. The van der Waals surface area contributed by atoms with Crippen LogP contribution in [-0.2, 0) is 0 Å². The van der Waals surface area contributed by atoms with Gasteiger partial charge in [0.05, 0.1) is 30.3 Å². The molecule has 0 bridgehead atoms. The second-order valence-corrected chi connectivity index (χ2v) is 6.48. The summed E-state index contributed by atoms with van der Waals surface area (Å²) in [6.45, 7) is 6.53. The first-order chi connectivity index (χ1) is 13.0. The minimum Gasteiger partial charge on any atom is -0.497 e. The van der Waals surface area contributed by atoms with E-state index in [4.69, 9.17) is 14.0 Å². The van der Waals surface area contributed by atoms with E-state index in [1.807, 2.05) is 32.0 Å². The number of rotatable bonds is 7. The maximum Gasteiger partial charge on any atom is 0.259 e. The Labute approximate surface area is 157 Å². The Morgan fingerprint density at radius 1 is 1.26 bits per heavy atom. The zero-order valence-corrected chi connectivity index (χ0v) is 15.9. The lowest BCUT2D eigenvalue weighted by Crippen LogP contribution is -2.28. The molecule has 0 fully saturated rings. The van der Waals surface area contributed by atoms with Crippen molar-refractivity contribution in [1.29, 1.82) is 0 Å². The van der Waals surface area contributed by atoms with Gasteiger partial charge in [-0.05, 0) is 31.0 Å². The second kappa shape index (κ2) is 8.07. The van der Waals surface area contributed by atoms with Gasteiger partial charge in [0.25, 0.3) is 11.6 Å². The van der Waals surface area contributed by atoms with Crippen LogP contribution in [0.2, 0.25) is 0 Å². The summed E-state index contributed by atoms with van der Waals surface area (Å²) in [5.41, 5.74) is 2.34. The summed E-state index contributed by atoms with van der Waals surface area (Å²) < 4.78 is 16.1. The molecule has 7 heteroatoms. The minimum atomic E-state index is -0.204. The van der Waals surface area contributed by atoms with E-state index in [0.29, 0.717) is 41.3 Å². The molecule has 27 heavy (non-hydrogen) atoms.